The highest BCUT2D eigenvalue weighted by molar-refractivity contribution is 5.83. The predicted octanol–water partition coefficient (Wildman–Crippen LogP) is 5.40. The van der Waals surface area contributed by atoms with Crippen LogP contribution >= 0.6 is 0 Å². The van der Waals surface area contributed by atoms with E-state index in [1.807, 2.05) is 12.2 Å². The van der Waals surface area contributed by atoms with Gasteiger partial charge in [0.15, 0.2) is 0 Å². The van der Waals surface area contributed by atoms with Crippen molar-refractivity contribution in [1.82, 2.24) is 20.6 Å². The number of ether oxygens (including phenoxy) is 1. The summed E-state index contributed by atoms with van der Waals surface area (Å²) in [7, 11) is 6.04. The lowest BCUT2D eigenvalue weighted by atomic mass is 9.45. The lowest BCUT2D eigenvalue weighted by Crippen LogP contribution is -2.62. The van der Waals surface area contributed by atoms with Gasteiger partial charge in [0.1, 0.15) is 12.1 Å². The summed E-state index contributed by atoms with van der Waals surface area (Å²) in [6.07, 6.45) is 15.6. The molecular weight excluding hydrogens is 668 g/mol. The molecule has 2 bridgehead atoms. The number of carbonyl (C=O) groups is 2. The molecule has 0 spiro atoms. The number of hydroxylamine groups is 2. The summed E-state index contributed by atoms with van der Waals surface area (Å²) >= 11 is 0. The number of hydrogen-bond acceptors (Lipinski definition) is 8. The standard InChI is InChI=1S/C43H76N4O6/c1-26-35-21-32(43(35,3)4)22-36(26)45-42(51)39-38(27(2)49)37(25-48)53-47(39)23-31-14-11-15-34(40(31)52-7)29-16-18-30(19-17-29)41(50)44-33(24-46(5)6)20-28-12-9-8-10-13-28/h26-40,48-49H,8-25H2,1-7H3,(H,44,50)(H,45,51)/t26-,27-,29?,30?,31?,32+,33-,34?,35-,36-,37-,38+,39-,40?/m0/s1. The number of nitrogens with one attached hydrogen (secondary N) is 2. The average molecular weight is 745 g/mol. The molecule has 1 aliphatic heterocycles. The van der Waals surface area contributed by atoms with Gasteiger partial charge in [-0.3, -0.25) is 14.4 Å². The van der Waals surface area contributed by atoms with Crippen LogP contribution < -0.4 is 10.6 Å². The van der Waals surface area contributed by atoms with Crippen LogP contribution in [0.25, 0.3) is 0 Å². The maximum absolute atomic E-state index is 14.2. The van der Waals surface area contributed by atoms with Crippen LogP contribution in [0.4, 0.5) is 0 Å². The zero-order chi connectivity index (χ0) is 38.0. The average Bonchev–Trinajstić information content (AvgIpc) is 3.51. The van der Waals surface area contributed by atoms with Gasteiger partial charge in [-0.25, -0.2) is 0 Å². The van der Waals surface area contributed by atoms with Gasteiger partial charge in [-0.15, -0.1) is 0 Å². The molecule has 53 heavy (non-hydrogen) atoms. The Bertz CT molecular complexity index is 1200. The lowest BCUT2D eigenvalue weighted by molar-refractivity contribution is -0.193. The van der Waals surface area contributed by atoms with Crippen molar-refractivity contribution in [3.63, 3.8) is 0 Å². The normalized spacial score (nSPS) is 40.3. The zero-order valence-corrected chi connectivity index (χ0v) is 34.3. The Hall–Kier alpha value is -1.30. The summed E-state index contributed by atoms with van der Waals surface area (Å²) in [4.78, 5) is 36.5. The molecule has 3 unspecified atom stereocenters. The molecule has 0 aromatic heterocycles. The Morgan fingerprint density at radius 2 is 1.70 bits per heavy atom. The molecule has 0 aromatic carbocycles. The Labute approximate surface area is 321 Å². The van der Waals surface area contributed by atoms with Gasteiger partial charge in [-0.2, -0.15) is 5.06 Å². The second-order valence-corrected chi connectivity index (χ2v) is 19.6. The Morgan fingerprint density at radius 1 is 0.981 bits per heavy atom. The molecule has 6 saturated carbocycles. The van der Waals surface area contributed by atoms with E-state index in [2.05, 4.69) is 50.4 Å². The van der Waals surface area contributed by atoms with Gasteiger partial charge in [0.05, 0.1) is 18.8 Å². The van der Waals surface area contributed by atoms with E-state index in [0.29, 0.717) is 41.5 Å². The largest absolute Gasteiger partial charge is 0.394 e. The topological polar surface area (TPSA) is 124 Å². The monoisotopic (exact) mass is 745 g/mol. The molecule has 7 fully saturated rings. The van der Waals surface area contributed by atoms with Crippen molar-refractivity contribution in [2.75, 3.05) is 40.9 Å². The van der Waals surface area contributed by atoms with Crippen LogP contribution in [0.15, 0.2) is 0 Å². The fourth-order valence-electron chi connectivity index (χ4n) is 12.7. The molecule has 10 heteroatoms. The summed E-state index contributed by atoms with van der Waals surface area (Å²) in [6, 6.07) is -0.341. The van der Waals surface area contributed by atoms with E-state index in [1.165, 1.54) is 38.5 Å². The molecule has 7 rings (SSSR count). The zero-order valence-electron chi connectivity index (χ0n) is 34.3. The van der Waals surface area contributed by atoms with Crippen molar-refractivity contribution in [3.8, 4) is 0 Å². The third kappa shape index (κ3) is 9.14. The molecule has 1 saturated heterocycles. The molecule has 6 aliphatic carbocycles. The van der Waals surface area contributed by atoms with Crippen LogP contribution in [0.2, 0.25) is 0 Å². The molecular formula is C43H76N4O6. The van der Waals surface area contributed by atoms with E-state index in [4.69, 9.17) is 9.57 Å². The minimum atomic E-state index is -0.806. The van der Waals surface area contributed by atoms with Gasteiger partial charge >= 0.3 is 0 Å². The molecule has 10 nitrogen and oxygen atoms in total. The van der Waals surface area contributed by atoms with Crippen molar-refractivity contribution in [3.05, 3.63) is 0 Å². The van der Waals surface area contributed by atoms with Crippen molar-refractivity contribution in [2.45, 2.75) is 160 Å². The first kappa shape index (κ1) is 41.3. The van der Waals surface area contributed by atoms with E-state index in [9.17, 15) is 19.8 Å². The Kier molecular flexibility index (Phi) is 13.9. The van der Waals surface area contributed by atoms with Crippen molar-refractivity contribution >= 4 is 11.8 Å². The van der Waals surface area contributed by atoms with Crippen LogP contribution in [0, 0.1) is 58.7 Å². The first-order valence-electron chi connectivity index (χ1n) is 21.8. The van der Waals surface area contributed by atoms with E-state index < -0.39 is 24.2 Å². The fourth-order valence-corrected chi connectivity index (χ4v) is 12.7. The summed E-state index contributed by atoms with van der Waals surface area (Å²) in [6.45, 7) is 9.91. The maximum atomic E-state index is 14.2. The number of amides is 2. The highest BCUT2D eigenvalue weighted by Gasteiger charge is 2.58. The van der Waals surface area contributed by atoms with E-state index >= 15 is 0 Å². The van der Waals surface area contributed by atoms with Crippen LogP contribution in [0.1, 0.15) is 124 Å². The minimum Gasteiger partial charge on any atom is -0.394 e. The molecule has 2 amide bonds. The number of rotatable bonds is 14. The van der Waals surface area contributed by atoms with E-state index in [0.717, 1.165) is 70.3 Å². The van der Waals surface area contributed by atoms with Crippen molar-refractivity contribution in [2.24, 2.45) is 58.7 Å². The molecule has 12 atom stereocenters. The van der Waals surface area contributed by atoms with Crippen LogP contribution in [-0.4, -0.2) is 109 Å². The minimum absolute atomic E-state index is 0.0253. The van der Waals surface area contributed by atoms with Gasteiger partial charge in [0.2, 0.25) is 11.8 Å². The molecule has 0 aromatic rings. The molecule has 7 aliphatic rings. The van der Waals surface area contributed by atoms with Crippen LogP contribution in [-0.2, 0) is 19.2 Å². The number of aliphatic hydroxyl groups is 2. The lowest BCUT2D eigenvalue weighted by Gasteiger charge is -2.62. The molecule has 4 N–H and O–H groups in total. The first-order chi connectivity index (χ1) is 25.3. The molecule has 0 radical (unpaired) electrons. The second kappa shape index (κ2) is 17.9. The Morgan fingerprint density at radius 3 is 2.30 bits per heavy atom. The van der Waals surface area contributed by atoms with E-state index in [1.54, 1.807) is 6.92 Å². The number of fused-ring (bicyclic) bond motifs is 2. The smallest absolute Gasteiger partial charge is 0.240 e. The fraction of sp³-hybridized carbons (Fsp3) is 0.953. The van der Waals surface area contributed by atoms with Crippen LogP contribution in [0.3, 0.4) is 0 Å². The second-order valence-electron chi connectivity index (χ2n) is 19.6. The van der Waals surface area contributed by atoms with Crippen molar-refractivity contribution < 1.29 is 29.4 Å². The quantitative estimate of drug-likeness (QED) is 0.187. The number of carbonyl (C=O) groups excluding carboxylic acids is 2. The molecule has 304 valence electrons. The van der Waals surface area contributed by atoms with Gasteiger partial charge in [-0.05, 0) is 120 Å². The third-order valence-corrected chi connectivity index (χ3v) is 15.8. The number of aliphatic hydroxyl groups excluding tert-OH is 2. The number of methoxy groups -OCH3 is 1. The van der Waals surface area contributed by atoms with Gasteiger partial charge < -0.3 is 30.5 Å². The first-order valence-corrected chi connectivity index (χ1v) is 21.8. The highest BCUT2D eigenvalue weighted by atomic mass is 16.7. The number of nitrogens with zero attached hydrogens (tertiary/aromatic N) is 2. The highest BCUT2D eigenvalue weighted by Crippen LogP contribution is 2.61. The van der Waals surface area contributed by atoms with Gasteiger partial charge in [0.25, 0.3) is 0 Å². The van der Waals surface area contributed by atoms with Crippen molar-refractivity contribution in [1.29, 1.82) is 0 Å². The number of likely N-dealkylation sites (N-methyl/N-ethyl adjacent to an activating group) is 1. The summed E-state index contributed by atoms with van der Waals surface area (Å²) in [5, 5.41) is 30.0. The van der Waals surface area contributed by atoms with Crippen LogP contribution in [0.5, 0.6) is 0 Å². The predicted molar refractivity (Wildman–Crippen MR) is 207 cm³/mol. The summed E-state index contributed by atoms with van der Waals surface area (Å²) in [5.41, 5.74) is 0.328. The maximum Gasteiger partial charge on any atom is 0.240 e. The van der Waals surface area contributed by atoms with Gasteiger partial charge in [-0.1, -0.05) is 59.3 Å². The van der Waals surface area contributed by atoms with E-state index in [-0.39, 0.29) is 48.4 Å². The number of hydrogen-bond donors (Lipinski definition) is 4. The summed E-state index contributed by atoms with van der Waals surface area (Å²) in [5.74, 6) is 3.14. The Balaban J connectivity index is 1.06. The SMILES string of the molecule is COC1C(CN2O[C@@H](CO)[C@@H]([C@H](C)O)[C@H]2C(=O)N[C@H]2C[C@H]3C[C@@H]([C@@H]2C)C3(C)C)CCCC1C1CCC(C(=O)N[C@@H](CC2CCCCC2)CN(C)C)CC1. The summed E-state index contributed by atoms with van der Waals surface area (Å²) < 4.78 is 6.35. The third-order valence-electron chi connectivity index (χ3n) is 15.8. The van der Waals surface area contributed by atoms with Gasteiger partial charge in [0, 0.05) is 50.0 Å². The molecule has 1 heterocycles.